The molecule has 0 aliphatic heterocycles. The number of para-hydroxylation sites is 1. The lowest BCUT2D eigenvalue weighted by Crippen LogP contribution is -2.40. The summed E-state index contributed by atoms with van der Waals surface area (Å²) in [7, 11) is 0. The summed E-state index contributed by atoms with van der Waals surface area (Å²) in [5, 5.41) is 5.78. The van der Waals surface area contributed by atoms with Gasteiger partial charge in [-0.15, -0.1) is 0 Å². The van der Waals surface area contributed by atoms with E-state index in [1.165, 1.54) is 0 Å². The molecule has 0 aliphatic rings. The van der Waals surface area contributed by atoms with Crippen LogP contribution in [0.25, 0.3) is 0 Å². The lowest BCUT2D eigenvalue weighted by atomic mass is 10.1. The quantitative estimate of drug-likeness (QED) is 0.691. The molecule has 2 amide bonds. The van der Waals surface area contributed by atoms with Gasteiger partial charge in [-0.2, -0.15) is 0 Å². The molecule has 2 aromatic carbocycles. The number of nitrogens with one attached hydrogen (secondary N) is 2. The maximum atomic E-state index is 12.7. The Labute approximate surface area is 171 Å². The minimum Gasteiger partial charge on any atom is -0.347 e. The van der Waals surface area contributed by atoms with Crippen LogP contribution in [0.2, 0.25) is 0 Å². The van der Waals surface area contributed by atoms with Crippen LogP contribution in [-0.4, -0.2) is 26.9 Å². The number of nitrogens with zero attached hydrogens (tertiary/aromatic N) is 2. The number of imidazole rings is 1. The van der Waals surface area contributed by atoms with Gasteiger partial charge in [0.05, 0.1) is 11.3 Å². The molecule has 1 heterocycles. The molecule has 150 valence electrons. The average Bonchev–Trinajstić information content (AvgIpc) is 3.06. The first kappa shape index (κ1) is 20.3. The molecule has 0 bridgehead atoms. The number of amides is 2. The van der Waals surface area contributed by atoms with Crippen LogP contribution >= 0.6 is 0 Å². The molecule has 0 saturated heterocycles. The van der Waals surface area contributed by atoms with E-state index in [-0.39, 0.29) is 17.4 Å². The van der Waals surface area contributed by atoms with Crippen LogP contribution in [0.3, 0.4) is 0 Å². The summed E-state index contributed by atoms with van der Waals surface area (Å²) in [5.74, 6) is 0.461. The summed E-state index contributed by atoms with van der Waals surface area (Å²) in [6, 6.07) is 14.4. The number of benzene rings is 2. The molecule has 0 aliphatic carbocycles. The fourth-order valence-corrected chi connectivity index (χ4v) is 2.92. The predicted octanol–water partition coefficient (Wildman–Crippen LogP) is 4.02. The van der Waals surface area contributed by atoms with E-state index in [0.29, 0.717) is 23.4 Å². The summed E-state index contributed by atoms with van der Waals surface area (Å²) < 4.78 is 2.04. The second-order valence-electron chi connectivity index (χ2n) is 8.00. The number of rotatable bonds is 5. The third-order valence-electron chi connectivity index (χ3n) is 4.40. The van der Waals surface area contributed by atoms with E-state index < -0.39 is 0 Å². The van der Waals surface area contributed by atoms with Crippen LogP contribution in [-0.2, 0) is 6.54 Å². The van der Waals surface area contributed by atoms with Gasteiger partial charge in [-0.25, -0.2) is 4.98 Å². The van der Waals surface area contributed by atoms with Crippen molar-refractivity contribution >= 4 is 17.5 Å². The highest BCUT2D eigenvalue weighted by atomic mass is 16.2. The van der Waals surface area contributed by atoms with Crippen molar-refractivity contribution in [3.8, 4) is 0 Å². The lowest BCUT2D eigenvalue weighted by Gasteiger charge is -2.21. The first-order chi connectivity index (χ1) is 13.7. The molecule has 3 rings (SSSR count). The second-order valence-corrected chi connectivity index (χ2v) is 8.00. The van der Waals surface area contributed by atoms with Crippen molar-refractivity contribution in [2.45, 2.75) is 39.8 Å². The van der Waals surface area contributed by atoms with Gasteiger partial charge in [0.15, 0.2) is 0 Å². The molecule has 0 fully saturated rings. The maximum Gasteiger partial charge on any atom is 0.255 e. The molecular weight excluding hydrogens is 364 g/mol. The topological polar surface area (TPSA) is 76.0 Å². The van der Waals surface area contributed by atoms with Crippen LogP contribution in [0.15, 0.2) is 60.9 Å². The van der Waals surface area contributed by atoms with Crippen molar-refractivity contribution in [3.05, 3.63) is 83.4 Å². The fourth-order valence-electron chi connectivity index (χ4n) is 2.92. The number of aromatic nitrogens is 2. The third kappa shape index (κ3) is 5.31. The van der Waals surface area contributed by atoms with Crippen LogP contribution in [0.5, 0.6) is 0 Å². The summed E-state index contributed by atoms with van der Waals surface area (Å²) in [6.45, 7) is 8.40. The number of hydrogen-bond donors (Lipinski definition) is 2. The molecule has 0 radical (unpaired) electrons. The van der Waals surface area contributed by atoms with Crippen molar-refractivity contribution in [2.24, 2.45) is 0 Å². The third-order valence-corrected chi connectivity index (χ3v) is 4.40. The Morgan fingerprint density at radius 3 is 2.31 bits per heavy atom. The first-order valence-corrected chi connectivity index (χ1v) is 9.52. The normalized spacial score (nSPS) is 11.2. The molecule has 0 atom stereocenters. The minimum absolute atomic E-state index is 0.223. The molecule has 6 nitrogen and oxygen atoms in total. The Balaban J connectivity index is 1.72. The van der Waals surface area contributed by atoms with Crippen LogP contribution < -0.4 is 10.6 Å². The van der Waals surface area contributed by atoms with E-state index in [9.17, 15) is 9.59 Å². The molecule has 0 saturated carbocycles. The smallest absolute Gasteiger partial charge is 0.255 e. The van der Waals surface area contributed by atoms with Crippen molar-refractivity contribution in [3.63, 3.8) is 0 Å². The van der Waals surface area contributed by atoms with Crippen molar-refractivity contribution < 1.29 is 9.59 Å². The first-order valence-electron chi connectivity index (χ1n) is 9.52. The molecule has 0 unspecified atom stereocenters. The zero-order valence-corrected chi connectivity index (χ0v) is 17.2. The van der Waals surface area contributed by atoms with Crippen molar-refractivity contribution in [1.82, 2.24) is 14.9 Å². The molecule has 0 spiro atoms. The number of hydrogen-bond acceptors (Lipinski definition) is 3. The summed E-state index contributed by atoms with van der Waals surface area (Å²) in [5.41, 5.74) is 2.16. The van der Waals surface area contributed by atoms with Crippen LogP contribution in [0.1, 0.15) is 52.9 Å². The SMILES string of the molecule is Cc1nccn1Cc1ccc(C(=O)Nc2ccccc2C(=O)NC(C)(C)C)cc1. The molecule has 29 heavy (non-hydrogen) atoms. The van der Waals surface area contributed by atoms with E-state index in [0.717, 1.165) is 11.4 Å². The molecule has 6 heteroatoms. The Hall–Kier alpha value is -3.41. The average molecular weight is 390 g/mol. The van der Waals surface area contributed by atoms with E-state index in [1.807, 2.05) is 50.6 Å². The van der Waals surface area contributed by atoms with Gasteiger partial charge in [0.25, 0.3) is 11.8 Å². The maximum absolute atomic E-state index is 12.7. The highest BCUT2D eigenvalue weighted by molar-refractivity contribution is 6.09. The molecular formula is C23H26N4O2. The van der Waals surface area contributed by atoms with Gasteiger partial charge >= 0.3 is 0 Å². The van der Waals surface area contributed by atoms with E-state index in [1.54, 1.807) is 42.6 Å². The van der Waals surface area contributed by atoms with Gasteiger partial charge in [-0.1, -0.05) is 24.3 Å². The lowest BCUT2D eigenvalue weighted by molar-refractivity contribution is 0.0920. The van der Waals surface area contributed by atoms with Gasteiger partial charge in [0.2, 0.25) is 0 Å². The van der Waals surface area contributed by atoms with E-state index in [2.05, 4.69) is 15.6 Å². The highest BCUT2D eigenvalue weighted by Gasteiger charge is 2.19. The van der Waals surface area contributed by atoms with Crippen LogP contribution in [0, 0.1) is 6.92 Å². The van der Waals surface area contributed by atoms with Gasteiger partial charge in [0, 0.05) is 30.0 Å². The Morgan fingerprint density at radius 1 is 1.00 bits per heavy atom. The minimum atomic E-state index is -0.363. The van der Waals surface area contributed by atoms with Gasteiger partial charge in [-0.05, 0) is 57.5 Å². The summed E-state index contributed by atoms with van der Waals surface area (Å²) >= 11 is 0. The summed E-state index contributed by atoms with van der Waals surface area (Å²) in [6.07, 6.45) is 3.69. The Morgan fingerprint density at radius 2 is 1.69 bits per heavy atom. The summed E-state index contributed by atoms with van der Waals surface area (Å²) in [4.78, 5) is 29.5. The molecule has 3 aromatic rings. The monoisotopic (exact) mass is 390 g/mol. The standard InChI is InChI=1S/C23H26N4O2/c1-16-24-13-14-27(16)15-17-9-11-18(12-10-17)21(28)25-20-8-6-5-7-19(20)22(29)26-23(2,3)4/h5-14H,15H2,1-4H3,(H,25,28)(H,26,29). The Bertz CT molecular complexity index is 1010. The number of anilines is 1. The van der Waals surface area contributed by atoms with Gasteiger partial charge < -0.3 is 15.2 Å². The van der Waals surface area contributed by atoms with Crippen molar-refractivity contribution in [2.75, 3.05) is 5.32 Å². The largest absolute Gasteiger partial charge is 0.347 e. The number of carbonyl (C=O) groups excluding carboxylic acids is 2. The van der Waals surface area contributed by atoms with Gasteiger partial charge in [-0.3, -0.25) is 9.59 Å². The van der Waals surface area contributed by atoms with E-state index in [4.69, 9.17) is 0 Å². The second kappa shape index (κ2) is 8.31. The van der Waals surface area contributed by atoms with Crippen molar-refractivity contribution in [1.29, 1.82) is 0 Å². The fraction of sp³-hybridized carbons (Fsp3) is 0.261. The van der Waals surface area contributed by atoms with Gasteiger partial charge in [0.1, 0.15) is 5.82 Å². The zero-order valence-electron chi connectivity index (χ0n) is 17.2. The number of aryl methyl sites for hydroxylation is 1. The predicted molar refractivity (Wildman–Crippen MR) is 114 cm³/mol. The zero-order chi connectivity index (χ0) is 21.0. The molecule has 1 aromatic heterocycles. The Kier molecular flexibility index (Phi) is 5.82. The molecule has 2 N–H and O–H groups in total. The van der Waals surface area contributed by atoms with Crippen LogP contribution in [0.4, 0.5) is 5.69 Å². The number of carbonyl (C=O) groups is 2. The van der Waals surface area contributed by atoms with E-state index >= 15 is 0 Å². The highest BCUT2D eigenvalue weighted by Crippen LogP contribution is 2.18.